The number of aromatic nitrogens is 1. The van der Waals surface area contributed by atoms with E-state index in [-0.39, 0.29) is 12.5 Å². The summed E-state index contributed by atoms with van der Waals surface area (Å²) in [6, 6.07) is 11.4. The second kappa shape index (κ2) is 10.8. The minimum atomic E-state index is -0.431. The fraction of sp³-hybridized carbons (Fsp3) is 0.292. The average molecular weight is 455 g/mol. The number of thiazole rings is 1. The van der Waals surface area contributed by atoms with Gasteiger partial charge in [-0.05, 0) is 54.8 Å². The Bertz CT molecular complexity index is 1220. The van der Waals surface area contributed by atoms with Crippen molar-refractivity contribution in [3.05, 3.63) is 58.4 Å². The summed E-state index contributed by atoms with van der Waals surface area (Å²) in [4.78, 5) is 29.4. The van der Waals surface area contributed by atoms with Gasteiger partial charge in [0.25, 0.3) is 5.91 Å². The third-order valence-electron chi connectivity index (χ3n) is 4.78. The highest BCUT2D eigenvalue weighted by molar-refractivity contribution is 7.16. The van der Waals surface area contributed by atoms with Crippen LogP contribution < -0.4 is 14.3 Å². The van der Waals surface area contributed by atoms with Gasteiger partial charge in [0.15, 0.2) is 16.3 Å². The lowest BCUT2D eigenvalue weighted by molar-refractivity contribution is -0.143. The molecular formula is C24H26N2O5S. The molecule has 0 saturated heterocycles. The molecule has 0 spiro atoms. The Kier molecular flexibility index (Phi) is 7.83. The van der Waals surface area contributed by atoms with Crippen LogP contribution in [0.1, 0.15) is 25.0 Å². The molecule has 0 aliphatic carbocycles. The summed E-state index contributed by atoms with van der Waals surface area (Å²) in [7, 11) is 3.12. The van der Waals surface area contributed by atoms with Gasteiger partial charge in [-0.3, -0.25) is 9.59 Å². The molecule has 0 radical (unpaired) electrons. The predicted molar refractivity (Wildman–Crippen MR) is 125 cm³/mol. The van der Waals surface area contributed by atoms with E-state index in [1.54, 1.807) is 43.9 Å². The van der Waals surface area contributed by atoms with E-state index in [0.717, 1.165) is 22.2 Å². The van der Waals surface area contributed by atoms with E-state index >= 15 is 0 Å². The van der Waals surface area contributed by atoms with Crippen LogP contribution >= 0.6 is 11.3 Å². The predicted octanol–water partition coefficient (Wildman–Crippen LogP) is 3.99. The van der Waals surface area contributed by atoms with Gasteiger partial charge in [0.2, 0.25) is 0 Å². The normalized spacial score (nSPS) is 11.8. The van der Waals surface area contributed by atoms with Crippen LogP contribution in [0.15, 0.2) is 47.5 Å². The molecule has 2 aromatic carbocycles. The van der Waals surface area contributed by atoms with Gasteiger partial charge in [-0.25, -0.2) is 0 Å². The van der Waals surface area contributed by atoms with E-state index in [1.807, 2.05) is 18.2 Å². The number of carbonyl (C=O) groups is 2. The standard InChI is InChI=1S/C24H26N2O5S/c1-5-16-7-10-18-21(14-16)32-24(26(18)15-23(28)31-6-2)25-22(27)12-9-17-8-11-19(29-3)20(13-17)30-4/h7-14H,5-6,15H2,1-4H3/b12-9-,25-24?. The molecule has 0 unspecified atom stereocenters. The second-order valence-electron chi connectivity index (χ2n) is 6.83. The van der Waals surface area contributed by atoms with Crippen molar-refractivity contribution < 1.29 is 23.8 Å². The number of amides is 1. The van der Waals surface area contributed by atoms with Crippen molar-refractivity contribution in [2.75, 3.05) is 20.8 Å². The van der Waals surface area contributed by atoms with Gasteiger partial charge < -0.3 is 18.8 Å². The average Bonchev–Trinajstić information content (AvgIpc) is 3.13. The van der Waals surface area contributed by atoms with Crippen molar-refractivity contribution in [3.63, 3.8) is 0 Å². The van der Waals surface area contributed by atoms with E-state index in [2.05, 4.69) is 18.0 Å². The second-order valence-corrected chi connectivity index (χ2v) is 7.84. The lowest BCUT2D eigenvalue weighted by Gasteiger charge is -2.07. The molecular weight excluding hydrogens is 428 g/mol. The van der Waals surface area contributed by atoms with Crippen molar-refractivity contribution >= 4 is 39.5 Å². The lowest BCUT2D eigenvalue weighted by Crippen LogP contribution is -2.22. The number of rotatable bonds is 8. The molecule has 168 valence electrons. The van der Waals surface area contributed by atoms with Crippen molar-refractivity contribution in [2.45, 2.75) is 26.8 Å². The van der Waals surface area contributed by atoms with Crippen molar-refractivity contribution in [1.29, 1.82) is 0 Å². The first-order chi connectivity index (χ1) is 15.5. The highest BCUT2D eigenvalue weighted by atomic mass is 32.1. The van der Waals surface area contributed by atoms with Crippen LogP contribution in [-0.2, 0) is 27.3 Å². The number of ether oxygens (including phenoxy) is 3. The van der Waals surface area contributed by atoms with Crippen LogP contribution in [0.5, 0.6) is 11.5 Å². The number of nitrogens with zero attached hydrogens (tertiary/aromatic N) is 2. The maximum Gasteiger partial charge on any atom is 0.326 e. The number of aryl methyl sites for hydroxylation is 1. The first-order valence-corrected chi connectivity index (χ1v) is 11.1. The number of esters is 1. The van der Waals surface area contributed by atoms with E-state index in [0.29, 0.717) is 22.9 Å². The Morgan fingerprint density at radius 1 is 1.06 bits per heavy atom. The summed E-state index contributed by atoms with van der Waals surface area (Å²) in [5.74, 6) is 0.376. The molecule has 0 bridgehead atoms. The molecule has 1 aromatic heterocycles. The number of methoxy groups -OCH3 is 2. The summed E-state index contributed by atoms with van der Waals surface area (Å²) in [6.45, 7) is 4.12. The van der Waals surface area contributed by atoms with Crippen LogP contribution in [0.3, 0.4) is 0 Å². The molecule has 0 aliphatic heterocycles. The van der Waals surface area contributed by atoms with Gasteiger partial charge in [0.05, 0.1) is 31.0 Å². The SMILES string of the molecule is CCOC(=O)Cn1c(=NC(=O)/C=C\c2ccc(OC)c(OC)c2)sc2cc(CC)ccc21. The van der Waals surface area contributed by atoms with Crippen LogP contribution in [0.25, 0.3) is 16.3 Å². The molecule has 0 fully saturated rings. The van der Waals surface area contributed by atoms with Gasteiger partial charge in [-0.1, -0.05) is 30.4 Å². The minimum Gasteiger partial charge on any atom is -0.493 e. The fourth-order valence-corrected chi connectivity index (χ4v) is 4.27. The molecule has 0 saturated carbocycles. The molecule has 1 heterocycles. The monoisotopic (exact) mass is 454 g/mol. The van der Waals surface area contributed by atoms with Gasteiger partial charge in [0.1, 0.15) is 6.54 Å². The zero-order chi connectivity index (χ0) is 23.1. The lowest BCUT2D eigenvalue weighted by atomic mass is 10.2. The highest BCUT2D eigenvalue weighted by Crippen LogP contribution is 2.28. The first kappa shape index (κ1) is 23.3. The summed E-state index contributed by atoms with van der Waals surface area (Å²) in [5, 5.41) is 0. The topological polar surface area (TPSA) is 79.1 Å². The largest absolute Gasteiger partial charge is 0.493 e. The van der Waals surface area contributed by atoms with E-state index < -0.39 is 5.91 Å². The fourth-order valence-electron chi connectivity index (χ4n) is 3.17. The highest BCUT2D eigenvalue weighted by Gasteiger charge is 2.12. The molecule has 32 heavy (non-hydrogen) atoms. The molecule has 3 aromatic rings. The maximum atomic E-state index is 12.6. The number of benzene rings is 2. The quantitative estimate of drug-likeness (QED) is 0.380. The number of hydrogen-bond donors (Lipinski definition) is 0. The Hall–Kier alpha value is -3.39. The van der Waals surface area contributed by atoms with Crippen LogP contribution in [-0.4, -0.2) is 37.3 Å². The maximum absolute atomic E-state index is 12.6. The molecule has 0 N–H and O–H groups in total. The van der Waals surface area contributed by atoms with Gasteiger partial charge in [-0.15, -0.1) is 0 Å². The van der Waals surface area contributed by atoms with Gasteiger partial charge >= 0.3 is 5.97 Å². The molecule has 0 aliphatic rings. The third-order valence-corrected chi connectivity index (χ3v) is 5.82. The first-order valence-electron chi connectivity index (χ1n) is 10.3. The van der Waals surface area contributed by atoms with Gasteiger partial charge in [-0.2, -0.15) is 4.99 Å². The number of hydrogen-bond acceptors (Lipinski definition) is 6. The Labute approximate surface area is 190 Å². The number of carbonyl (C=O) groups excluding carboxylic acids is 2. The minimum absolute atomic E-state index is 0.00911. The van der Waals surface area contributed by atoms with Crippen molar-refractivity contribution in [1.82, 2.24) is 4.57 Å². The van der Waals surface area contributed by atoms with E-state index in [4.69, 9.17) is 14.2 Å². The Morgan fingerprint density at radius 3 is 2.53 bits per heavy atom. The van der Waals surface area contributed by atoms with Crippen LogP contribution in [0.4, 0.5) is 0 Å². The summed E-state index contributed by atoms with van der Waals surface area (Å²) in [6.07, 6.45) is 3.94. The molecule has 1 amide bonds. The number of fused-ring (bicyclic) bond motifs is 1. The van der Waals surface area contributed by atoms with E-state index in [9.17, 15) is 9.59 Å². The molecule has 7 nitrogen and oxygen atoms in total. The summed E-state index contributed by atoms with van der Waals surface area (Å²) < 4.78 is 18.3. The zero-order valence-corrected chi connectivity index (χ0v) is 19.4. The Balaban J connectivity index is 1.96. The van der Waals surface area contributed by atoms with Crippen molar-refractivity contribution in [3.8, 4) is 11.5 Å². The zero-order valence-electron chi connectivity index (χ0n) is 18.6. The summed E-state index contributed by atoms with van der Waals surface area (Å²) >= 11 is 1.37. The molecule has 3 rings (SSSR count). The molecule has 8 heteroatoms. The molecule has 0 atom stereocenters. The van der Waals surface area contributed by atoms with Crippen LogP contribution in [0.2, 0.25) is 0 Å². The van der Waals surface area contributed by atoms with Gasteiger partial charge in [0, 0.05) is 6.08 Å². The Morgan fingerprint density at radius 2 is 1.84 bits per heavy atom. The van der Waals surface area contributed by atoms with Crippen LogP contribution in [0, 0.1) is 0 Å². The van der Waals surface area contributed by atoms with E-state index in [1.165, 1.54) is 23.0 Å². The third kappa shape index (κ3) is 5.45. The smallest absolute Gasteiger partial charge is 0.326 e. The van der Waals surface area contributed by atoms with Crippen molar-refractivity contribution in [2.24, 2.45) is 4.99 Å². The summed E-state index contributed by atoms with van der Waals surface area (Å²) in [5.41, 5.74) is 2.79.